The smallest absolute Gasteiger partial charge is 0.131 e. The van der Waals surface area contributed by atoms with Crippen molar-refractivity contribution in [2.24, 2.45) is 5.73 Å². The van der Waals surface area contributed by atoms with Crippen LogP contribution in [-0.2, 0) is 0 Å². The average Bonchev–Trinajstić information content (AvgIpc) is 2.39. The molecule has 2 nitrogen and oxygen atoms in total. The van der Waals surface area contributed by atoms with E-state index in [1.165, 1.54) is 6.07 Å². The Labute approximate surface area is 113 Å². The Bertz CT molecular complexity index is 593. The molecular weight excluding hydrogens is 241 g/mol. The lowest BCUT2D eigenvalue weighted by Gasteiger charge is -2.12. The van der Waals surface area contributed by atoms with Crippen LogP contribution in [-0.4, -0.2) is 7.11 Å². The van der Waals surface area contributed by atoms with Gasteiger partial charge in [-0.05, 0) is 54.8 Å². The lowest BCUT2D eigenvalue weighted by molar-refractivity contribution is 0.414. The first-order valence-electron chi connectivity index (χ1n) is 6.23. The zero-order valence-electron chi connectivity index (χ0n) is 11.4. The molecule has 0 spiro atoms. The number of nitrogens with two attached hydrogens (primary N) is 1. The van der Waals surface area contributed by atoms with Crippen molar-refractivity contribution in [3.8, 4) is 16.9 Å². The van der Waals surface area contributed by atoms with Gasteiger partial charge in [0.15, 0.2) is 0 Å². The number of rotatable bonds is 3. The molecule has 2 rings (SSSR count). The fourth-order valence-electron chi connectivity index (χ4n) is 2.10. The van der Waals surface area contributed by atoms with Crippen LogP contribution < -0.4 is 10.5 Å². The van der Waals surface area contributed by atoms with Gasteiger partial charge >= 0.3 is 0 Å². The minimum atomic E-state index is -0.238. The highest BCUT2D eigenvalue weighted by molar-refractivity contribution is 5.69. The summed E-state index contributed by atoms with van der Waals surface area (Å²) >= 11 is 0. The first kappa shape index (κ1) is 13.6. The summed E-state index contributed by atoms with van der Waals surface area (Å²) in [5, 5.41) is 0. The molecule has 0 saturated carbocycles. The summed E-state index contributed by atoms with van der Waals surface area (Å²) in [6, 6.07) is 10.5. The van der Waals surface area contributed by atoms with Gasteiger partial charge in [-0.2, -0.15) is 0 Å². The Kier molecular flexibility index (Phi) is 3.86. The largest absolute Gasteiger partial charge is 0.497 e. The van der Waals surface area contributed by atoms with Gasteiger partial charge in [0.1, 0.15) is 11.6 Å². The molecule has 3 heteroatoms. The van der Waals surface area contributed by atoms with E-state index in [0.29, 0.717) is 5.56 Å². The fraction of sp³-hybridized carbons (Fsp3) is 0.250. The quantitative estimate of drug-likeness (QED) is 0.909. The maximum atomic E-state index is 14.0. The van der Waals surface area contributed by atoms with E-state index < -0.39 is 0 Å². The van der Waals surface area contributed by atoms with Gasteiger partial charge in [-0.25, -0.2) is 4.39 Å². The van der Waals surface area contributed by atoms with E-state index in [-0.39, 0.29) is 11.9 Å². The summed E-state index contributed by atoms with van der Waals surface area (Å²) in [5.41, 5.74) is 9.19. The Morgan fingerprint density at radius 1 is 1.11 bits per heavy atom. The zero-order chi connectivity index (χ0) is 14.0. The summed E-state index contributed by atoms with van der Waals surface area (Å²) in [6.07, 6.45) is 0. The van der Waals surface area contributed by atoms with Gasteiger partial charge in [0.2, 0.25) is 0 Å². The molecule has 0 aliphatic heterocycles. The Morgan fingerprint density at radius 2 is 1.84 bits per heavy atom. The summed E-state index contributed by atoms with van der Waals surface area (Å²) in [7, 11) is 1.62. The monoisotopic (exact) mass is 259 g/mol. The van der Waals surface area contributed by atoms with Crippen LogP contribution in [0.5, 0.6) is 5.75 Å². The van der Waals surface area contributed by atoms with Crippen LogP contribution in [0, 0.1) is 12.7 Å². The lowest BCUT2D eigenvalue weighted by Crippen LogP contribution is -2.05. The second-order valence-electron chi connectivity index (χ2n) is 4.71. The molecule has 0 heterocycles. The molecule has 0 aliphatic rings. The summed E-state index contributed by atoms with van der Waals surface area (Å²) in [5.74, 6) is 0.530. The number of hydrogen-bond acceptors (Lipinski definition) is 2. The van der Waals surface area contributed by atoms with Crippen molar-refractivity contribution >= 4 is 0 Å². The van der Waals surface area contributed by atoms with Gasteiger partial charge in [-0.15, -0.1) is 0 Å². The second kappa shape index (κ2) is 5.41. The molecule has 0 bridgehead atoms. The van der Waals surface area contributed by atoms with Gasteiger partial charge in [-0.3, -0.25) is 0 Å². The molecule has 0 amide bonds. The van der Waals surface area contributed by atoms with Crippen LogP contribution in [0.1, 0.15) is 24.1 Å². The molecule has 1 unspecified atom stereocenters. The Hall–Kier alpha value is -1.87. The van der Waals surface area contributed by atoms with Crippen molar-refractivity contribution in [1.29, 1.82) is 0 Å². The minimum absolute atomic E-state index is 0.113. The molecule has 100 valence electrons. The summed E-state index contributed by atoms with van der Waals surface area (Å²) < 4.78 is 19.2. The van der Waals surface area contributed by atoms with Crippen LogP contribution in [0.4, 0.5) is 4.39 Å². The highest BCUT2D eigenvalue weighted by Crippen LogP contribution is 2.30. The summed E-state index contributed by atoms with van der Waals surface area (Å²) in [4.78, 5) is 0. The highest BCUT2D eigenvalue weighted by Gasteiger charge is 2.11. The number of aryl methyl sites for hydroxylation is 1. The summed E-state index contributed by atoms with van der Waals surface area (Å²) in [6.45, 7) is 3.83. The first-order chi connectivity index (χ1) is 9.02. The molecule has 0 radical (unpaired) electrons. The van der Waals surface area contributed by atoms with E-state index in [1.54, 1.807) is 13.2 Å². The molecule has 2 N–H and O–H groups in total. The van der Waals surface area contributed by atoms with Gasteiger partial charge in [0.05, 0.1) is 7.11 Å². The molecule has 0 fully saturated rings. The molecule has 0 saturated heterocycles. The normalized spacial score (nSPS) is 12.3. The van der Waals surface area contributed by atoms with E-state index in [1.807, 2.05) is 38.1 Å². The van der Waals surface area contributed by atoms with Crippen LogP contribution >= 0.6 is 0 Å². The minimum Gasteiger partial charge on any atom is -0.497 e. The number of halogens is 1. The van der Waals surface area contributed by atoms with Crippen LogP contribution in [0.3, 0.4) is 0 Å². The molecule has 2 aromatic carbocycles. The van der Waals surface area contributed by atoms with E-state index in [9.17, 15) is 4.39 Å². The number of hydrogen-bond donors (Lipinski definition) is 1. The standard InChI is InChI=1S/C16H18FNO/c1-10-8-13(19-3)5-6-14(10)15-9-12(11(2)18)4-7-16(15)17/h4-9,11H,18H2,1-3H3. The third-order valence-electron chi connectivity index (χ3n) is 3.24. The number of methoxy groups -OCH3 is 1. The van der Waals surface area contributed by atoms with E-state index in [0.717, 1.165) is 22.4 Å². The van der Waals surface area contributed by atoms with Crippen LogP contribution in [0.15, 0.2) is 36.4 Å². The van der Waals surface area contributed by atoms with Gasteiger partial charge < -0.3 is 10.5 Å². The third-order valence-corrected chi connectivity index (χ3v) is 3.24. The predicted octanol–water partition coefficient (Wildman–Crippen LogP) is 3.83. The van der Waals surface area contributed by atoms with Gasteiger partial charge in [-0.1, -0.05) is 12.1 Å². The topological polar surface area (TPSA) is 35.2 Å². The van der Waals surface area contributed by atoms with Crippen molar-refractivity contribution in [3.05, 3.63) is 53.3 Å². The van der Waals surface area contributed by atoms with Crippen LogP contribution in [0.2, 0.25) is 0 Å². The number of ether oxygens (including phenoxy) is 1. The molecule has 0 aromatic heterocycles. The van der Waals surface area contributed by atoms with E-state index in [2.05, 4.69) is 0 Å². The van der Waals surface area contributed by atoms with Crippen molar-refractivity contribution in [1.82, 2.24) is 0 Å². The molecule has 2 aromatic rings. The van der Waals surface area contributed by atoms with Crippen molar-refractivity contribution in [2.45, 2.75) is 19.9 Å². The average molecular weight is 259 g/mol. The van der Waals surface area contributed by atoms with Gasteiger partial charge in [0, 0.05) is 11.6 Å². The third kappa shape index (κ3) is 2.76. The van der Waals surface area contributed by atoms with Crippen molar-refractivity contribution in [2.75, 3.05) is 7.11 Å². The Morgan fingerprint density at radius 3 is 2.42 bits per heavy atom. The van der Waals surface area contributed by atoms with Crippen molar-refractivity contribution < 1.29 is 9.13 Å². The first-order valence-corrected chi connectivity index (χ1v) is 6.23. The van der Waals surface area contributed by atoms with E-state index >= 15 is 0 Å². The van der Waals surface area contributed by atoms with Crippen molar-refractivity contribution in [3.63, 3.8) is 0 Å². The Balaban J connectivity index is 2.54. The van der Waals surface area contributed by atoms with Crippen LogP contribution in [0.25, 0.3) is 11.1 Å². The molecule has 0 aliphatic carbocycles. The lowest BCUT2D eigenvalue weighted by atomic mass is 9.96. The zero-order valence-corrected chi connectivity index (χ0v) is 11.4. The maximum absolute atomic E-state index is 14.0. The molecule has 19 heavy (non-hydrogen) atoms. The number of benzene rings is 2. The molecule has 1 atom stereocenters. The SMILES string of the molecule is COc1ccc(-c2cc(C(C)N)ccc2F)c(C)c1. The predicted molar refractivity (Wildman–Crippen MR) is 75.7 cm³/mol. The fourth-order valence-corrected chi connectivity index (χ4v) is 2.10. The highest BCUT2D eigenvalue weighted by atomic mass is 19.1. The maximum Gasteiger partial charge on any atom is 0.131 e. The second-order valence-corrected chi connectivity index (χ2v) is 4.71. The molecular formula is C16H18FNO. The van der Waals surface area contributed by atoms with Gasteiger partial charge in [0.25, 0.3) is 0 Å². The van der Waals surface area contributed by atoms with E-state index in [4.69, 9.17) is 10.5 Å².